The highest BCUT2D eigenvalue weighted by molar-refractivity contribution is 9.10. The minimum Gasteiger partial charge on any atom is -0.441 e. The molecule has 0 saturated carbocycles. The molecule has 4 nitrogen and oxygen atoms in total. The lowest BCUT2D eigenvalue weighted by atomic mass is 10.2. The topological polar surface area (TPSA) is 55.1 Å². The number of anilines is 1. The standard InChI is InChI=1S/C19H16BrClN2O2/c1-12-6-7-13(10-15(12)20)23-18(24)8-9-19-22-11-17(25-19)14-4-2-3-5-16(14)21/h2-7,10-11H,8-9H2,1H3,(H,23,24). The van der Waals surface area contributed by atoms with Crippen LogP contribution in [0.15, 0.2) is 57.6 Å². The van der Waals surface area contributed by atoms with Gasteiger partial charge in [0.1, 0.15) is 0 Å². The molecule has 0 fully saturated rings. The molecule has 3 rings (SSSR count). The van der Waals surface area contributed by atoms with Gasteiger partial charge in [0.25, 0.3) is 0 Å². The Kier molecular flexibility index (Phi) is 5.56. The molecule has 2 aromatic carbocycles. The Morgan fingerprint density at radius 2 is 2.08 bits per heavy atom. The first-order chi connectivity index (χ1) is 12.0. The Balaban J connectivity index is 1.59. The van der Waals surface area contributed by atoms with Crippen LogP contribution < -0.4 is 5.32 Å². The normalized spacial score (nSPS) is 10.7. The fourth-order valence-corrected chi connectivity index (χ4v) is 2.93. The Labute approximate surface area is 159 Å². The van der Waals surface area contributed by atoms with Gasteiger partial charge < -0.3 is 9.73 Å². The molecule has 1 N–H and O–H groups in total. The van der Waals surface area contributed by atoms with Gasteiger partial charge in [0.15, 0.2) is 11.7 Å². The average molecular weight is 420 g/mol. The van der Waals surface area contributed by atoms with Crippen LogP contribution in [0.2, 0.25) is 5.02 Å². The molecule has 25 heavy (non-hydrogen) atoms. The van der Waals surface area contributed by atoms with Crippen LogP contribution in [0.3, 0.4) is 0 Å². The van der Waals surface area contributed by atoms with Crippen LogP contribution in [0.5, 0.6) is 0 Å². The average Bonchev–Trinajstić information content (AvgIpc) is 3.05. The molecule has 0 bridgehead atoms. The van der Waals surface area contributed by atoms with Crippen molar-refractivity contribution in [3.63, 3.8) is 0 Å². The number of nitrogens with zero attached hydrogens (tertiary/aromatic N) is 1. The smallest absolute Gasteiger partial charge is 0.224 e. The summed E-state index contributed by atoms with van der Waals surface area (Å²) < 4.78 is 6.66. The zero-order valence-corrected chi connectivity index (χ0v) is 15.9. The molecule has 1 heterocycles. The third-order valence-electron chi connectivity index (χ3n) is 3.71. The van der Waals surface area contributed by atoms with Crippen molar-refractivity contribution in [1.29, 1.82) is 0 Å². The third kappa shape index (κ3) is 4.50. The van der Waals surface area contributed by atoms with Crippen LogP contribution in [-0.4, -0.2) is 10.9 Å². The van der Waals surface area contributed by atoms with E-state index in [0.717, 1.165) is 21.3 Å². The molecule has 3 aromatic rings. The molecule has 128 valence electrons. The molecule has 0 aliphatic heterocycles. The van der Waals surface area contributed by atoms with Crippen molar-refractivity contribution < 1.29 is 9.21 Å². The van der Waals surface area contributed by atoms with E-state index in [1.165, 1.54) is 0 Å². The molecular weight excluding hydrogens is 404 g/mol. The number of carbonyl (C=O) groups is 1. The maximum atomic E-state index is 12.1. The predicted molar refractivity (Wildman–Crippen MR) is 103 cm³/mol. The van der Waals surface area contributed by atoms with E-state index in [0.29, 0.717) is 23.1 Å². The second-order valence-electron chi connectivity index (χ2n) is 5.61. The highest BCUT2D eigenvalue weighted by atomic mass is 79.9. The summed E-state index contributed by atoms with van der Waals surface area (Å²) in [6.45, 7) is 1.99. The Hall–Kier alpha value is -2.11. The molecule has 6 heteroatoms. The third-order valence-corrected chi connectivity index (χ3v) is 4.90. The van der Waals surface area contributed by atoms with Gasteiger partial charge in [-0.2, -0.15) is 0 Å². The van der Waals surface area contributed by atoms with Gasteiger partial charge in [-0.3, -0.25) is 4.79 Å². The molecule has 0 radical (unpaired) electrons. The summed E-state index contributed by atoms with van der Waals surface area (Å²) >= 11 is 9.61. The number of carbonyl (C=O) groups excluding carboxylic acids is 1. The number of oxazole rings is 1. The van der Waals surface area contributed by atoms with E-state index in [1.54, 1.807) is 12.3 Å². The van der Waals surface area contributed by atoms with Gasteiger partial charge >= 0.3 is 0 Å². The lowest BCUT2D eigenvalue weighted by molar-refractivity contribution is -0.116. The number of halogens is 2. The van der Waals surface area contributed by atoms with Crippen LogP contribution in [0.4, 0.5) is 5.69 Å². The number of aryl methyl sites for hydroxylation is 2. The number of benzene rings is 2. The molecule has 0 atom stereocenters. The second-order valence-corrected chi connectivity index (χ2v) is 6.87. The summed E-state index contributed by atoms with van der Waals surface area (Å²) in [5, 5.41) is 3.47. The first-order valence-corrected chi connectivity index (χ1v) is 8.95. The fraction of sp³-hybridized carbons (Fsp3) is 0.158. The maximum absolute atomic E-state index is 12.1. The van der Waals surface area contributed by atoms with Gasteiger partial charge in [-0.15, -0.1) is 0 Å². The summed E-state index contributed by atoms with van der Waals surface area (Å²) in [5.74, 6) is 1.02. The molecule has 0 unspecified atom stereocenters. The summed E-state index contributed by atoms with van der Waals surface area (Å²) in [6, 6.07) is 13.1. The summed E-state index contributed by atoms with van der Waals surface area (Å²) in [4.78, 5) is 16.3. The number of aromatic nitrogens is 1. The number of hydrogen-bond acceptors (Lipinski definition) is 3. The molecule has 1 amide bonds. The highest BCUT2D eigenvalue weighted by Crippen LogP contribution is 2.28. The molecule has 0 aliphatic rings. The number of rotatable bonds is 5. The van der Waals surface area contributed by atoms with Crippen molar-refractivity contribution in [3.05, 3.63) is 69.6 Å². The molecule has 0 aliphatic carbocycles. The SMILES string of the molecule is Cc1ccc(NC(=O)CCc2ncc(-c3ccccc3Cl)o2)cc1Br. The van der Waals surface area contributed by atoms with Gasteiger partial charge in [0.2, 0.25) is 5.91 Å². The van der Waals surface area contributed by atoms with Crippen molar-refractivity contribution in [2.24, 2.45) is 0 Å². The lowest BCUT2D eigenvalue weighted by Crippen LogP contribution is -2.12. The monoisotopic (exact) mass is 418 g/mol. The van der Waals surface area contributed by atoms with Crippen LogP contribution >= 0.6 is 27.5 Å². The summed E-state index contributed by atoms with van der Waals surface area (Å²) in [7, 11) is 0. The number of amides is 1. The Morgan fingerprint density at radius 1 is 1.28 bits per heavy atom. The lowest BCUT2D eigenvalue weighted by Gasteiger charge is -2.06. The zero-order chi connectivity index (χ0) is 17.8. The quantitative estimate of drug-likeness (QED) is 0.582. The largest absolute Gasteiger partial charge is 0.441 e. The molecule has 0 saturated heterocycles. The van der Waals surface area contributed by atoms with Crippen molar-refractivity contribution >= 4 is 39.1 Å². The first-order valence-electron chi connectivity index (χ1n) is 7.78. The van der Waals surface area contributed by atoms with Gasteiger partial charge in [-0.1, -0.05) is 45.7 Å². The maximum Gasteiger partial charge on any atom is 0.224 e. The van der Waals surface area contributed by atoms with Gasteiger partial charge in [0.05, 0.1) is 11.2 Å². The van der Waals surface area contributed by atoms with Crippen molar-refractivity contribution in [2.45, 2.75) is 19.8 Å². The second kappa shape index (κ2) is 7.85. The molecule has 1 aromatic heterocycles. The van der Waals surface area contributed by atoms with E-state index >= 15 is 0 Å². The van der Waals surface area contributed by atoms with Crippen molar-refractivity contribution in [2.75, 3.05) is 5.32 Å². The number of hydrogen-bond donors (Lipinski definition) is 1. The molecule has 0 spiro atoms. The van der Waals surface area contributed by atoms with Crippen LogP contribution in [0.1, 0.15) is 17.9 Å². The fourth-order valence-electron chi connectivity index (χ4n) is 2.33. The zero-order valence-electron chi connectivity index (χ0n) is 13.6. The van der Waals surface area contributed by atoms with E-state index in [4.69, 9.17) is 16.0 Å². The predicted octanol–water partition coefficient (Wildman–Crippen LogP) is 5.64. The van der Waals surface area contributed by atoms with E-state index in [2.05, 4.69) is 26.2 Å². The van der Waals surface area contributed by atoms with E-state index in [1.807, 2.05) is 43.3 Å². The number of nitrogens with one attached hydrogen (secondary N) is 1. The van der Waals surface area contributed by atoms with Crippen LogP contribution in [0.25, 0.3) is 11.3 Å². The minimum absolute atomic E-state index is 0.0896. The summed E-state index contributed by atoms with van der Waals surface area (Å²) in [6.07, 6.45) is 2.34. The highest BCUT2D eigenvalue weighted by Gasteiger charge is 2.11. The molecular formula is C19H16BrClN2O2. The minimum atomic E-state index is -0.0896. The van der Waals surface area contributed by atoms with Gasteiger partial charge in [-0.05, 0) is 36.8 Å². The van der Waals surface area contributed by atoms with Crippen LogP contribution in [-0.2, 0) is 11.2 Å². The summed E-state index contributed by atoms with van der Waals surface area (Å²) in [5.41, 5.74) is 2.66. The van der Waals surface area contributed by atoms with Gasteiger partial charge in [0, 0.05) is 28.6 Å². The Bertz CT molecular complexity index is 908. The van der Waals surface area contributed by atoms with Crippen LogP contribution in [0, 0.1) is 6.92 Å². The van der Waals surface area contributed by atoms with E-state index < -0.39 is 0 Å². The van der Waals surface area contributed by atoms with Gasteiger partial charge in [-0.25, -0.2) is 4.98 Å². The van der Waals surface area contributed by atoms with E-state index in [9.17, 15) is 4.79 Å². The Morgan fingerprint density at radius 3 is 2.84 bits per heavy atom. The first kappa shape index (κ1) is 17.7. The van der Waals surface area contributed by atoms with E-state index in [-0.39, 0.29) is 12.3 Å². The van der Waals surface area contributed by atoms with Crippen molar-refractivity contribution in [3.8, 4) is 11.3 Å². The van der Waals surface area contributed by atoms with Crippen molar-refractivity contribution in [1.82, 2.24) is 4.98 Å².